The molecule has 0 aromatic carbocycles. The number of hydrogen-bond donors (Lipinski definition) is 1. The third-order valence-electron chi connectivity index (χ3n) is 8.44. The Morgan fingerprint density at radius 2 is 1.59 bits per heavy atom. The van der Waals surface area contributed by atoms with E-state index in [1.165, 1.54) is 24.8 Å². The lowest BCUT2D eigenvalue weighted by atomic mass is 9.95. The largest absolute Gasteiger partial charge is 0.393 e. The van der Waals surface area contributed by atoms with Gasteiger partial charge < -0.3 is 24.1 Å². The Balaban J connectivity index is 1.12. The number of rotatable bonds is 14. The van der Waals surface area contributed by atoms with Crippen molar-refractivity contribution >= 4 is 0 Å². The molecule has 0 saturated carbocycles. The molecule has 0 spiro atoms. The monoisotopic (exact) mass is 514 g/mol. The Hall–Kier alpha value is -1.24. The summed E-state index contributed by atoms with van der Waals surface area (Å²) >= 11 is 0. The Kier molecular flexibility index (Phi) is 11.1. The summed E-state index contributed by atoms with van der Waals surface area (Å²) in [4.78, 5) is 0. The van der Waals surface area contributed by atoms with Gasteiger partial charge in [-0.15, -0.1) is 6.58 Å². The maximum atomic E-state index is 10.4. The first-order valence-corrected chi connectivity index (χ1v) is 14.9. The zero-order valence-corrected chi connectivity index (χ0v) is 23.3. The Morgan fingerprint density at radius 1 is 0.919 bits per heavy atom. The molecule has 5 nitrogen and oxygen atoms in total. The van der Waals surface area contributed by atoms with Gasteiger partial charge in [-0.1, -0.05) is 68.7 Å². The molecule has 4 heterocycles. The highest BCUT2D eigenvalue weighted by molar-refractivity contribution is 5.19. The number of unbranched alkanes of at least 4 members (excludes halogenated alkanes) is 3. The second kappa shape index (κ2) is 14.2. The predicted molar refractivity (Wildman–Crippen MR) is 149 cm³/mol. The van der Waals surface area contributed by atoms with Crippen LogP contribution < -0.4 is 0 Å². The Bertz CT molecular complexity index is 775. The van der Waals surface area contributed by atoms with Crippen LogP contribution in [-0.2, 0) is 18.9 Å². The van der Waals surface area contributed by atoms with Crippen molar-refractivity contribution in [3.05, 3.63) is 48.6 Å². The number of fused-ring (bicyclic) bond motifs is 2. The van der Waals surface area contributed by atoms with Crippen LogP contribution in [0.1, 0.15) is 91.4 Å². The first kappa shape index (κ1) is 28.8. The summed E-state index contributed by atoms with van der Waals surface area (Å²) in [6.07, 6.45) is 25.4. The Morgan fingerprint density at radius 3 is 2.32 bits per heavy atom. The van der Waals surface area contributed by atoms with Gasteiger partial charge in [0.15, 0.2) is 0 Å². The minimum absolute atomic E-state index is 0.0927. The second-order valence-electron chi connectivity index (χ2n) is 11.7. The topological polar surface area (TPSA) is 57.2 Å². The van der Waals surface area contributed by atoms with Crippen LogP contribution in [0.4, 0.5) is 0 Å². The van der Waals surface area contributed by atoms with Crippen LogP contribution in [0.25, 0.3) is 0 Å². The molecule has 0 unspecified atom stereocenters. The maximum absolute atomic E-state index is 10.4. The number of ether oxygens (including phenoxy) is 4. The average Bonchev–Trinajstić information content (AvgIpc) is 3.59. The summed E-state index contributed by atoms with van der Waals surface area (Å²) in [5, 5.41) is 10.4. The van der Waals surface area contributed by atoms with Gasteiger partial charge in [-0.2, -0.15) is 0 Å². The molecule has 0 aromatic rings. The average molecular weight is 515 g/mol. The third kappa shape index (κ3) is 8.37. The van der Waals surface area contributed by atoms with Crippen molar-refractivity contribution in [1.82, 2.24) is 0 Å². The van der Waals surface area contributed by atoms with Crippen LogP contribution in [0, 0.1) is 5.92 Å². The van der Waals surface area contributed by atoms with Crippen LogP contribution in [-0.4, -0.2) is 60.0 Å². The number of hydrogen-bond acceptors (Lipinski definition) is 5. The zero-order chi connectivity index (χ0) is 26.2. The fraction of sp³-hybridized carbons (Fsp3) is 0.750. The molecule has 1 N–H and O–H groups in total. The molecule has 10 atom stereocenters. The van der Waals surface area contributed by atoms with Crippen LogP contribution in [0.5, 0.6) is 0 Å². The fourth-order valence-electron chi connectivity index (χ4n) is 6.29. The van der Waals surface area contributed by atoms with Crippen molar-refractivity contribution in [2.75, 3.05) is 0 Å². The summed E-state index contributed by atoms with van der Waals surface area (Å²) < 4.78 is 25.0. The molecule has 4 saturated heterocycles. The minimum atomic E-state index is -0.349. The van der Waals surface area contributed by atoms with Crippen molar-refractivity contribution in [2.24, 2.45) is 5.92 Å². The van der Waals surface area contributed by atoms with Gasteiger partial charge in [0.1, 0.15) is 0 Å². The van der Waals surface area contributed by atoms with Gasteiger partial charge in [0.05, 0.1) is 54.9 Å². The quantitative estimate of drug-likeness (QED) is 0.161. The highest BCUT2D eigenvalue weighted by Crippen LogP contribution is 2.38. The van der Waals surface area contributed by atoms with Gasteiger partial charge in [-0.25, -0.2) is 0 Å². The van der Waals surface area contributed by atoms with Crippen molar-refractivity contribution in [3.63, 3.8) is 0 Å². The molecule has 0 radical (unpaired) electrons. The van der Waals surface area contributed by atoms with Gasteiger partial charge in [-0.05, 0) is 44.9 Å². The molecule has 0 bridgehead atoms. The first-order valence-electron chi connectivity index (χ1n) is 14.9. The molecule has 4 fully saturated rings. The van der Waals surface area contributed by atoms with Crippen LogP contribution in [0.2, 0.25) is 0 Å². The van der Waals surface area contributed by atoms with Crippen molar-refractivity contribution in [1.29, 1.82) is 0 Å². The van der Waals surface area contributed by atoms with Gasteiger partial charge in [0.25, 0.3) is 0 Å². The second-order valence-corrected chi connectivity index (χ2v) is 11.7. The van der Waals surface area contributed by atoms with E-state index in [1.807, 2.05) is 6.08 Å². The molecule has 37 heavy (non-hydrogen) atoms. The standard InChI is InChI=1S/C32H50O5/c1-5-7-8-9-10-14-24-18-29-30(34-24)19-25(35-29)15-11-13-22(3)16-26-20-31-32(36-26)21-27(37-31)17-28(33)23(4)12-6-2/h6,10-11,13-14,16,23-33H,2,5,7-9,12,15,17-21H2,1,3-4H3/b13-11+,14-10+,22-16+/t23-,24-,25-,26-,27-,28-,29-,30-,31-,32-/m0/s1. The summed E-state index contributed by atoms with van der Waals surface area (Å²) in [6.45, 7) is 10.2. The van der Waals surface area contributed by atoms with Gasteiger partial charge in [0, 0.05) is 25.7 Å². The lowest BCUT2D eigenvalue weighted by Gasteiger charge is -2.21. The van der Waals surface area contributed by atoms with Gasteiger partial charge >= 0.3 is 0 Å². The minimum Gasteiger partial charge on any atom is -0.393 e. The summed E-state index contributed by atoms with van der Waals surface area (Å²) in [7, 11) is 0. The molecule has 4 aliphatic rings. The van der Waals surface area contributed by atoms with Crippen LogP contribution in [0.15, 0.2) is 48.6 Å². The molecule has 208 valence electrons. The molecular formula is C32H50O5. The van der Waals surface area contributed by atoms with Crippen LogP contribution >= 0.6 is 0 Å². The molecular weight excluding hydrogens is 464 g/mol. The van der Waals surface area contributed by atoms with E-state index in [9.17, 15) is 5.11 Å². The third-order valence-corrected chi connectivity index (χ3v) is 8.44. The lowest BCUT2D eigenvalue weighted by molar-refractivity contribution is -0.000938. The molecule has 4 aliphatic heterocycles. The van der Waals surface area contributed by atoms with E-state index < -0.39 is 0 Å². The lowest BCUT2D eigenvalue weighted by Crippen LogP contribution is -2.24. The van der Waals surface area contributed by atoms with E-state index in [2.05, 4.69) is 57.7 Å². The normalized spacial score (nSPS) is 37.5. The predicted octanol–water partition coefficient (Wildman–Crippen LogP) is 6.61. The molecule has 0 aliphatic carbocycles. The van der Waals surface area contributed by atoms with E-state index in [0.717, 1.165) is 44.9 Å². The van der Waals surface area contributed by atoms with Crippen molar-refractivity contribution in [2.45, 2.75) is 146 Å². The van der Waals surface area contributed by atoms with E-state index in [0.29, 0.717) is 6.42 Å². The van der Waals surface area contributed by atoms with E-state index in [4.69, 9.17) is 18.9 Å². The molecule has 4 rings (SSSR count). The summed E-state index contributed by atoms with van der Waals surface area (Å²) in [5.74, 6) is 0.216. The smallest absolute Gasteiger partial charge is 0.0870 e. The number of aliphatic hydroxyl groups excluding tert-OH is 1. The molecule has 0 aromatic heterocycles. The number of aliphatic hydroxyl groups is 1. The van der Waals surface area contributed by atoms with E-state index in [1.54, 1.807) is 0 Å². The highest BCUT2D eigenvalue weighted by Gasteiger charge is 2.44. The zero-order valence-electron chi connectivity index (χ0n) is 23.3. The first-order chi connectivity index (χ1) is 17.9. The Labute approximate surface area is 225 Å². The molecule has 0 amide bonds. The van der Waals surface area contributed by atoms with Crippen molar-refractivity contribution < 1.29 is 24.1 Å². The maximum Gasteiger partial charge on any atom is 0.0870 e. The fourth-order valence-corrected chi connectivity index (χ4v) is 6.29. The van der Waals surface area contributed by atoms with E-state index in [-0.39, 0.29) is 60.9 Å². The van der Waals surface area contributed by atoms with Crippen LogP contribution in [0.3, 0.4) is 0 Å². The van der Waals surface area contributed by atoms with Gasteiger partial charge in [0.2, 0.25) is 0 Å². The summed E-state index contributed by atoms with van der Waals surface area (Å²) in [6, 6.07) is 0. The summed E-state index contributed by atoms with van der Waals surface area (Å²) in [5.41, 5.74) is 1.22. The van der Waals surface area contributed by atoms with Gasteiger partial charge in [-0.3, -0.25) is 0 Å². The van der Waals surface area contributed by atoms with Crippen molar-refractivity contribution in [3.8, 4) is 0 Å². The van der Waals surface area contributed by atoms with E-state index >= 15 is 0 Å². The molecule has 5 heteroatoms. The SMILES string of the molecule is C=CC[C@H](C)[C@@H](O)C[C@H]1C[C@@H]2O[C@@H](/C=C(C)/C=C/C[C@H]3C[C@@H]4O[C@@H](/C=C/CCCCC)C[C@@H]4O3)C[C@@H]2O1. The highest BCUT2D eigenvalue weighted by atomic mass is 16.6. The number of allylic oxidation sites excluding steroid dienone is 4.